The van der Waals surface area contributed by atoms with Crippen LogP contribution in [0.5, 0.6) is 0 Å². The normalized spacial score (nSPS) is 11.3. The van der Waals surface area contributed by atoms with Gasteiger partial charge < -0.3 is 5.32 Å². The number of benzene rings is 1. The van der Waals surface area contributed by atoms with E-state index in [9.17, 15) is 13.2 Å². The van der Waals surface area contributed by atoms with Crippen LogP contribution in [0.3, 0.4) is 0 Å². The van der Waals surface area contributed by atoms with Crippen LogP contribution in [-0.4, -0.2) is 48.4 Å². The average Bonchev–Trinajstić information content (AvgIpc) is 2.96. The van der Waals surface area contributed by atoms with Crippen LogP contribution >= 0.6 is 0 Å². The average molecular weight is 309 g/mol. The summed E-state index contributed by atoms with van der Waals surface area (Å²) in [4.78, 5) is 15.7. The van der Waals surface area contributed by atoms with Crippen LogP contribution in [0.4, 0.5) is 0 Å². The minimum atomic E-state index is -3.23. The summed E-state index contributed by atoms with van der Waals surface area (Å²) >= 11 is 0. The largest absolute Gasteiger partial charge is 0.351 e. The van der Waals surface area contributed by atoms with Gasteiger partial charge >= 0.3 is 0 Å². The second-order valence-corrected chi connectivity index (χ2v) is 6.14. The molecule has 2 N–H and O–H groups in total. The van der Waals surface area contributed by atoms with Crippen LogP contribution < -0.4 is 10.0 Å². The van der Waals surface area contributed by atoms with Gasteiger partial charge in [0, 0.05) is 18.7 Å². The van der Waals surface area contributed by atoms with Crippen molar-refractivity contribution in [3.8, 4) is 5.69 Å². The van der Waals surface area contributed by atoms with E-state index in [1.54, 1.807) is 35.3 Å². The lowest BCUT2D eigenvalue weighted by atomic mass is 10.2. The maximum Gasteiger partial charge on any atom is 0.251 e. The smallest absolute Gasteiger partial charge is 0.251 e. The minimum Gasteiger partial charge on any atom is -0.351 e. The van der Waals surface area contributed by atoms with Crippen molar-refractivity contribution >= 4 is 15.9 Å². The van der Waals surface area contributed by atoms with Gasteiger partial charge in [0.1, 0.15) is 12.7 Å². The summed E-state index contributed by atoms with van der Waals surface area (Å²) in [5.41, 5.74) is 1.28. The Hall–Kier alpha value is -2.26. The van der Waals surface area contributed by atoms with E-state index in [0.717, 1.165) is 11.9 Å². The molecule has 2 rings (SSSR count). The molecule has 8 nitrogen and oxygen atoms in total. The maximum absolute atomic E-state index is 11.8. The van der Waals surface area contributed by atoms with Crippen LogP contribution in [0.15, 0.2) is 36.9 Å². The number of carbonyl (C=O) groups is 1. The third-order valence-corrected chi connectivity index (χ3v) is 3.32. The molecule has 9 heteroatoms. The molecule has 0 bridgehead atoms. The molecular weight excluding hydrogens is 294 g/mol. The van der Waals surface area contributed by atoms with E-state index in [0.29, 0.717) is 5.56 Å². The molecule has 0 aliphatic heterocycles. The molecule has 0 saturated carbocycles. The standard InChI is InChI=1S/C12H15N5O3S/c1-21(19,20)16-7-6-14-12(18)10-2-4-11(5-3-10)17-9-13-8-15-17/h2-5,8-9,16H,6-7H2,1H3,(H,14,18). The summed E-state index contributed by atoms with van der Waals surface area (Å²) in [6.07, 6.45) is 4.05. The second kappa shape index (κ2) is 6.46. The molecule has 0 spiro atoms. The first-order chi connectivity index (χ1) is 9.96. The summed E-state index contributed by atoms with van der Waals surface area (Å²) in [5, 5.41) is 6.61. The van der Waals surface area contributed by atoms with Gasteiger partial charge in [-0.3, -0.25) is 4.79 Å². The zero-order chi connectivity index (χ0) is 15.3. The predicted molar refractivity (Wildman–Crippen MR) is 76.5 cm³/mol. The number of nitrogens with zero attached hydrogens (tertiary/aromatic N) is 3. The molecule has 0 radical (unpaired) electrons. The molecule has 112 valence electrons. The van der Waals surface area contributed by atoms with Gasteiger partial charge in [-0.15, -0.1) is 0 Å². The van der Waals surface area contributed by atoms with Gasteiger partial charge in [0.05, 0.1) is 11.9 Å². The predicted octanol–water partition coefficient (Wildman–Crippen LogP) is -0.454. The fraction of sp³-hybridized carbons (Fsp3) is 0.250. The van der Waals surface area contributed by atoms with Crippen molar-refractivity contribution in [2.24, 2.45) is 0 Å². The number of hydrogen-bond acceptors (Lipinski definition) is 5. The fourth-order valence-electron chi connectivity index (χ4n) is 1.62. The SMILES string of the molecule is CS(=O)(=O)NCCNC(=O)c1ccc(-n2cncn2)cc1. The Morgan fingerprint density at radius 2 is 1.95 bits per heavy atom. The number of nitrogens with one attached hydrogen (secondary N) is 2. The highest BCUT2D eigenvalue weighted by molar-refractivity contribution is 7.88. The second-order valence-electron chi connectivity index (χ2n) is 4.31. The van der Waals surface area contributed by atoms with Gasteiger partial charge in [-0.2, -0.15) is 5.10 Å². The molecule has 1 aromatic heterocycles. The quantitative estimate of drug-likeness (QED) is 0.703. The van der Waals surface area contributed by atoms with Crippen LogP contribution in [0.2, 0.25) is 0 Å². The van der Waals surface area contributed by atoms with Gasteiger partial charge in [0.2, 0.25) is 10.0 Å². The Bertz CT molecular complexity index is 695. The highest BCUT2D eigenvalue weighted by atomic mass is 32.2. The summed E-state index contributed by atoms with van der Waals surface area (Å²) in [7, 11) is -3.23. The first-order valence-electron chi connectivity index (χ1n) is 6.13. The minimum absolute atomic E-state index is 0.154. The van der Waals surface area contributed by atoms with Gasteiger partial charge in [0.25, 0.3) is 5.91 Å². The van der Waals surface area contributed by atoms with Crippen molar-refractivity contribution in [2.45, 2.75) is 0 Å². The van der Waals surface area contributed by atoms with Crippen molar-refractivity contribution in [1.29, 1.82) is 0 Å². The molecule has 0 unspecified atom stereocenters. The topological polar surface area (TPSA) is 106 Å². The fourth-order valence-corrected chi connectivity index (χ4v) is 2.09. The van der Waals surface area contributed by atoms with E-state index in [4.69, 9.17) is 0 Å². The van der Waals surface area contributed by atoms with E-state index in [1.165, 1.54) is 6.33 Å². The van der Waals surface area contributed by atoms with E-state index in [-0.39, 0.29) is 19.0 Å². The molecular formula is C12H15N5O3S. The number of aromatic nitrogens is 3. The third kappa shape index (κ3) is 4.65. The monoisotopic (exact) mass is 309 g/mol. The molecule has 0 saturated heterocycles. The molecule has 1 amide bonds. The zero-order valence-electron chi connectivity index (χ0n) is 11.4. The van der Waals surface area contributed by atoms with Gasteiger partial charge in [-0.1, -0.05) is 0 Å². The van der Waals surface area contributed by atoms with E-state index < -0.39 is 10.0 Å². The zero-order valence-corrected chi connectivity index (χ0v) is 12.2. The van der Waals surface area contributed by atoms with Crippen molar-refractivity contribution in [3.05, 3.63) is 42.5 Å². The van der Waals surface area contributed by atoms with Gasteiger partial charge in [0.15, 0.2) is 0 Å². The van der Waals surface area contributed by atoms with E-state index in [1.807, 2.05) is 0 Å². The highest BCUT2D eigenvalue weighted by Crippen LogP contribution is 2.07. The summed E-state index contributed by atoms with van der Waals surface area (Å²) in [5.74, 6) is -0.268. The number of hydrogen-bond donors (Lipinski definition) is 2. The Labute approximate surface area is 122 Å². The molecule has 1 aromatic carbocycles. The first-order valence-corrected chi connectivity index (χ1v) is 8.03. The van der Waals surface area contributed by atoms with Gasteiger partial charge in [-0.05, 0) is 24.3 Å². The molecule has 0 fully saturated rings. The Balaban J connectivity index is 1.88. The summed E-state index contributed by atoms with van der Waals surface area (Å²) in [6, 6.07) is 6.82. The van der Waals surface area contributed by atoms with E-state index >= 15 is 0 Å². The first kappa shape index (κ1) is 15.1. The lowest BCUT2D eigenvalue weighted by Gasteiger charge is -2.06. The van der Waals surface area contributed by atoms with E-state index in [2.05, 4.69) is 20.1 Å². The van der Waals surface area contributed by atoms with Crippen molar-refractivity contribution < 1.29 is 13.2 Å². The Morgan fingerprint density at radius 1 is 1.24 bits per heavy atom. The van der Waals surface area contributed by atoms with Crippen molar-refractivity contribution in [2.75, 3.05) is 19.3 Å². The molecule has 21 heavy (non-hydrogen) atoms. The van der Waals surface area contributed by atoms with Crippen molar-refractivity contribution in [1.82, 2.24) is 24.8 Å². The summed E-state index contributed by atoms with van der Waals surface area (Å²) in [6.45, 7) is 0.373. The number of rotatable bonds is 6. The van der Waals surface area contributed by atoms with Crippen molar-refractivity contribution in [3.63, 3.8) is 0 Å². The number of carbonyl (C=O) groups excluding carboxylic acids is 1. The molecule has 2 aromatic rings. The Morgan fingerprint density at radius 3 is 2.52 bits per heavy atom. The van der Waals surface area contributed by atoms with Crippen LogP contribution in [-0.2, 0) is 10.0 Å². The Kier molecular flexibility index (Phi) is 4.66. The number of amides is 1. The van der Waals surface area contributed by atoms with Gasteiger partial charge in [-0.25, -0.2) is 22.8 Å². The molecule has 1 heterocycles. The lowest BCUT2D eigenvalue weighted by molar-refractivity contribution is 0.0954. The summed E-state index contributed by atoms with van der Waals surface area (Å²) < 4.78 is 25.6. The number of sulfonamides is 1. The molecule has 0 aliphatic rings. The van der Waals surface area contributed by atoms with Crippen LogP contribution in [0, 0.1) is 0 Å². The lowest BCUT2D eigenvalue weighted by Crippen LogP contribution is -2.34. The third-order valence-electron chi connectivity index (χ3n) is 2.59. The van der Waals surface area contributed by atoms with Crippen LogP contribution in [0.25, 0.3) is 5.69 Å². The molecule has 0 aliphatic carbocycles. The molecule has 0 atom stereocenters. The maximum atomic E-state index is 11.8. The highest BCUT2D eigenvalue weighted by Gasteiger charge is 2.06. The van der Waals surface area contributed by atoms with Crippen LogP contribution in [0.1, 0.15) is 10.4 Å².